The number of nitrogens with one attached hydrogen (secondary N) is 1. The Morgan fingerprint density at radius 1 is 1.29 bits per heavy atom. The van der Waals surface area contributed by atoms with Crippen molar-refractivity contribution in [1.82, 2.24) is 0 Å². The summed E-state index contributed by atoms with van der Waals surface area (Å²) in [6.45, 7) is 2.60. The molecule has 0 radical (unpaired) electrons. The predicted octanol–water partition coefficient (Wildman–Crippen LogP) is 2.94. The summed E-state index contributed by atoms with van der Waals surface area (Å²) >= 11 is 5.58. The molecule has 3 nitrogen and oxygen atoms in total. The third-order valence-electron chi connectivity index (χ3n) is 2.15. The van der Waals surface area contributed by atoms with Crippen LogP contribution in [0.1, 0.15) is 6.42 Å². The van der Waals surface area contributed by atoms with Crippen LogP contribution in [0.2, 0.25) is 5.02 Å². The summed E-state index contributed by atoms with van der Waals surface area (Å²) in [6.07, 6.45) is 0.855. The van der Waals surface area contributed by atoms with Gasteiger partial charge in [0.15, 0.2) is 0 Å². The molecule has 0 bridgehead atoms. The highest BCUT2D eigenvalue weighted by molar-refractivity contribution is 6.30. The molecule has 0 aromatic heterocycles. The number of rotatable bonds is 8. The van der Waals surface area contributed by atoms with E-state index >= 15 is 0 Å². The van der Waals surface area contributed by atoms with Crippen molar-refractivity contribution in [3.05, 3.63) is 29.0 Å². The number of ether oxygens (including phenoxy) is 2. The van der Waals surface area contributed by atoms with E-state index in [0.29, 0.717) is 19.8 Å². The number of benzene rings is 1. The number of methoxy groups -OCH3 is 1. The average molecular weight is 262 g/mol. The molecule has 1 aromatic carbocycles. The molecule has 0 amide bonds. The van der Waals surface area contributed by atoms with Crippen LogP contribution in [-0.4, -0.2) is 33.5 Å². The molecule has 0 spiro atoms. The Morgan fingerprint density at radius 3 is 2.82 bits per heavy atom. The van der Waals surface area contributed by atoms with Crippen LogP contribution in [0.25, 0.3) is 0 Å². The minimum atomic E-state index is -0.409. The first-order valence-corrected chi connectivity index (χ1v) is 5.87. The van der Waals surface area contributed by atoms with Gasteiger partial charge in [0.1, 0.15) is 5.82 Å². The first kappa shape index (κ1) is 14.2. The van der Waals surface area contributed by atoms with Crippen LogP contribution < -0.4 is 5.32 Å². The Labute approximate surface area is 106 Å². The molecule has 0 unspecified atom stereocenters. The average Bonchev–Trinajstić information content (AvgIpc) is 2.32. The van der Waals surface area contributed by atoms with Crippen molar-refractivity contribution >= 4 is 17.3 Å². The van der Waals surface area contributed by atoms with Gasteiger partial charge in [0.25, 0.3) is 0 Å². The van der Waals surface area contributed by atoms with E-state index in [2.05, 4.69) is 5.32 Å². The second-order valence-electron chi connectivity index (χ2n) is 3.51. The van der Waals surface area contributed by atoms with Gasteiger partial charge in [0.2, 0.25) is 0 Å². The molecule has 1 N–H and O–H groups in total. The van der Waals surface area contributed by atoms with Gasteiger partial charge in [-0.1, -0.05) is 11.6 Å². The second-order valence-corrected chi connectivity index (χ2v) is 3.92. The maximum atomic E-state index is 13.1. The number of hydrogen-bond donors (Lipinski definition) is 1. The Balaban J connectivity index is 2.11. The lowest BCUT2D eigenvalue weighted by atomic mass is 10.3. The van der Waals surface area contributed by atoms with Gasteiger partial charge in [-0.05, 0) is 24.6 Å². The van der Waals surface area contributed by atoms with Gasteiger partial charge in [0, 0.05) is 25.9 Å². The lowest BCUT2D eigenvalue weighted by Crippen LogP contribution is -2.08. The molecule has 0 heterocycles. The van der Waals surface area contributed by atoms with E-state index in [9.17, 15) is 4.39 Å². The SMILES string of the molecule is COCCOCCCNc1ccc(Cl)c(F)c1. The van der Waals surface area contributed by atoms with Crippen molar-refractivity contribution in [2.75, 3.05) is 38.8 Å². The van der Waals surface area contributed by atoms with Crippen molar-refractivity contribution in [3.8, 4) is 0 Å². The van der Waals surface area contributed by atoms with Crippen LogP contribution in [-0.2, 0) is 9.47 Å². The van der Waals surface area contributed by atoms with E-state index in [1.54, 1.807) is 13.2 Å². The molecule has 0 fully saturated rings. The fraction of sp³-hybridized carbons (Fsp3) is 0.500. The first-order valence-electron chi connectivity index (χ1n) is 5.49. The van der Waals surface area contributed by atoms with Gasteiger partial charge in [-0.2, -0.15) is 0 Å². The van der Waals surface area contributed by atoms with Crippen LogP contribution in [0.5, 0.6) is 0 Å². The van der Waals surface area contributed by atoms with Gasteiger partial charge in [0.05, 0.1) is 18.2 Å². The van der Waals surface area contributed by atoms with Crippen LogP contribution >= 0.6 is 11.6 Å². The van der Waals surface area contributed by atoms with Gasteiger partial charge in [-0.15, -0.1) is 0 Å². The Hall–Kier alpha value is -0.840. The summed E-state index contributed by atoms with van der Waals surface area (Å²) in [5.41, 5.74) is 0.726. The van der Waals surface area contributed by atoms with Gasteiger partial charge in [-0.3, -0.25) is 0 Å². The van der Waals surface area contributed by atoms with Gasteiger partial charge >= 0.3 is 0 Å². The van der Waals surface area contributed by atoms with E-state index < -0.39 is 5.82 Å². The van der Waals surface area contributed by atoms with Crippen LogP contribution in [0, 0.1) is 5.82 Å². The standard InChI is InChI=1S/C12H17ClFNO2/c1-16-7-8-17-6-2-5-15-10-3-4-11(13)12(14)9-10/h3-4,9,15H,2,5-8H2,1H3. The molecule has 0 aliphatic rings. The second kappa shape index (κ2) is 8.28. The molecule has 0 aliphatic carbocycles. The molecule has 0 aliphatic heterocycles. The lowest BCUT2D eigenvalue weighted by Gasteiger charge is -2.07. The quantitative estimate of drug-likeness (QED) is 0.730. The maximum Gasteiger partial charge on any atom is 0.143 e. The van der Waals surface area contributed by atoms with Crippen molar-refractivity contribution in [1.29, 1.82) is 0 Å². The number of hydrogen-bond acceptors (Lipinski definition) is 3. The molecular formula is C12H17ClFNO2. The molecule has 0 atom stereocenters. The van der Waals surface area contributed by atoms with Crippen molar-refractivity contribution in [2.45, 2.75) is 6.42 Å². The summed E-state index contributed by atoms with van der Waals surface area (Å²) < 4.78 is 23.2. The summed E-state index contributed by atoms with van der Waals surface area (Å²) in [7, 11) is 1.64. The van der Waals surface area contributed by atoms with Crippen LogP contribution in [0.15, 0.2) is 18.2 Å². The minimum absolute atomic E-state index is 0.137. The predicted molar refractivity (Wildman–Crippen MR) is 67.2 cm³/mol. The molecule has 5 heteroatoms. The Kier molecular flexibility index (Phi) is 6.93. The fourth-order valence-electron chi connectivity index (χ4n) is 1.26. The van der Waals surface area contributed by atoms with E-state index in [-0.39, 0.29) is 5.02 Å². The molecule has 0 saturated carbocycles. The molecule has 17 heavy (non-hydrogen) atoms. The third kappa shape index (κ3) is 5.86. The van der Waals surface area contributed by atoms with E-state index in [1.165, 1.54) is 12.1 Å². The molecule has 1 rings (SSSR count). The largest absolute Gasteiger partial charge is 0.385 e. The van der Waals surface area contributed by atoms with E-state index in [0.717, 1.165) is 18.7 Å². The fourth-order valence-corrected chi connectivity index (χ4v) is 1.37. The number of halogens is 2. The first-order chi connectivity index (χ1) is 8.24. The summed E-state index contributed by atoms with van der Waals surface area (Å²) in [4.78, 5) is 0. The van der Waals surface area contributed by atoms with Gasteiger partial charge in [-0.25, -0.2) is 4.39 Å². The smallest absolute Gasteiger partial charge is 0.143 e. The highest BCUT2D eigenvalue weighted by atomic mass is 35.5. The van der Waals surface area contributed by atoms with Crippen LogP contribution in [0.3, 0.4) is 0 Å². The van der Waals surface area contributed by atoms with Crippen LogP contribution in [0.4, 0.5) is 10.1 Å². The molecular weight excluding hydrogens is 245 g/mol. The van der Waals surface area contributed by atoms with Crippen molar-refractivity contribution in [2.24, 2.45) is 0 Å². The third-order valence-corrected chi connectivity index (χ3v) is 2.45. The minimum Gasteiger partial charge on any atom is -0.385 e. The highest BCUT2D eigenvalue weighted by Gasteiger charge is 1.99. The van der Waals surface area contributed by atoms with Gasteiger partial charge < -0.3 is 14.8 Å². The summed E-state index contributed by atoms with van der Waals surface area (Å²) in [5.74, 6) is -0.409. The lowest BCUT2D eigenvalue weighted by molar-refractivity contribution is 0.0705. The summed E-state index contributed by atoms with van der Waals surface area (Å²) in [6, 6.07) is 4.67. The Morgan fingerprint density at radius 2 is 2.12 bits per heavy atom. The molecule has 1 aromatic rings. The zero-order valence-electron chi connectivity index (χ0n) is 9.84. The highest BCUT2D eigenvalue weighted by Crippen LogP contribution is 2.18. The normalized spacial score (nSPS) is 10.5. The Bertz CT molecular complexity index is 336. The zero-order valence-corrected chi connectivity index (χ0v) is 10.6. The van der Waals surface area contributed by atoms with E-state index in [1.807, 2.05) is 0 Å². The maximum absolute atomic E-state index is 13.1. The number of anilines is 1. The topological polar surface area (TPSA) is 30.5 Å². The molecule has 96 valence electrons. The summed E-state index contributed by atoms with van der Waals surface area (Å²) in [5, 5.41) is 3.23. The molecule has 0 saturated heterocycles. The monoisotopic (exact) mass is 261 g/mol. The van der Waals surface area contributed by atoms with Crippen molar-refractivity contribution < 1.29 is 13.9 Å². The van der Waals surface area contributed by atoms with Crippen molar-refractivity contribution in [3.63, 3.8) is 0 Å². The zero-order chi connectivity index (χ0) is 12.5. The van der Waals surface area contributed by atoms with E-state index in [4.69, 9.17) is 21.1 Å².